The van der Waals surface area contributed by atoms with Crippen LogP contribution in [-0.2, 0) is 0 Å². The lowest BCUT2D eigenvalue weighted by atomic mass is 9.96. The first-order valence-corrected chi connectivity index (χ1v) is 6.24. The van der Waals surface area contributed by atoms with Crippen molar-refractivity contribution in [1.82, 2.24) is 0 Å². The molecule has 2 nitrogen and oxygen atoms in total. The van der Waals surface area contributed by atoms with E-state index in [4.69, 9.17) is 22.1 Å². The molecule has 88 valence electrons. The Balaban J connectivity index is 2.09. The summed E-state index contributed by atoms with van der Waals surface area (Å²) in [7, 11) is 0. The van der Waals surface area contributed by atoms with Crippen LogP contribution in [0.15, 0.2) is 18.2 Å². The number of rotatable bonds is 4. The molecule has 2 N–H and O–H groups in total. The SMILES string of the molecule is CC(CN)c1ccc(OC2CCC2)c(Cl)c1. The van der Waals surface area contributed by atoms with E-state index in [2.05, 4.69) is 13.0 Å². The highest BCUT2D eigenvalue weighted by molar-refractivity contribution is 6.32. The molecule has 1 atom stereocenters. The second-order valence-corrected chi connectivity index (χ2v) is 4.90. The topological polar surface area (TPSA) is 35.2 Å². The Kier molecular flexibility index (Phi) is 3.72. The normalized spacial score (nSPS) is 17.9. The standard InChI is InChI=1S/C13H18ClNO/c1-9(8-15)10-5-6-13(12(14)7-10)16-11-3-2-4-11/h5-7,9,11H,2-4,8,15H2,1H3. The maximum atomic E-state index is 6.19. The first-order valence-electron chi connectivity index (χ1n) is 5.87. The molecule has 0 aromatic heterocycles. The van der Waals surface area contributed by atoms with Crippen LogP contribution in [0, 0.1) is 0 Å². The van der Waals surface area contributed by atoms with Gasteiger partial charge in [0.1, 0.15) is 5.75 Å². The molecule has 1 aromatic carbocycles. The van der Waals surface area contributed by atoms with E-state index >= 15 is 0 Å². The van der Waals surface area contributed by atoms with E-state index in [0.717, 1.165) is 18.6 Å². The fraction of sp³-hybridized carbons (Fsp3) is 0.538. The van der Waals surface area contributed by atoms with Gasteiger partial charge in [0.15, 0.2) is 0 Å². The van der Waals surface area contributed by atoms with Crippen molar-refractivity contribution in [3.8, 4) is 5.75 Å². The summed E-state index contributed by atoms with van der Waals surface area (Å²) in [5, 5.41) is 0.699. The van der Waals surface area contributed by atoms with Crippen molar-refractivity contribution in [3.05, 3.63) is 28.8 Å². The van der Waals surface area contributed by atoms with Crippen molar-refractivity contribution in [2.24, 2.45) is 5.73 Å². The van der Waals surface area contributed by atoms with Gasteiger partial charge in [-0.15, -0.1) is 0 Å². The highest BCUT2D eigenvalue weighted by atomic mass is 35.5. The zero-order valence-electron chi connectivity index (χ0n) is 9.58. The van der Waals surface area contributed by atoms with E-state index in [-0.39, 0.29) is 0 Å². The van der Waals surface area contributed by atoms with E-state index in [1.165, 1.54) is 12.0 Å². The predicted octanol–water partition coefficient (Wildman–Crippen LogP) is 3.33. The summed E-state index contributed by atoms with van der Waals surface area (Å²) in [6.07, 6.45) is 3.94. The first-order chi connectivity index (χ1) is 7.70. The lowest BCUT2D eigenvalue weighted by Gasteiger charge is -2.27. The second-order valence-electron chi connectivity index (χ2n) is 4.50. The summed E-state index contributed by atoms with van der Waals surface area (Å²) in [4.78, 5) is 0. The third-order valence-corrected chi connectivity index (χ3v) is 3.52. The Labute approximate surface area is 102 Å². The fourth-order valence-electron chi connectivity index (χ4n) is 1.72. The van der Waals surface area contributed by atoms with Crippen LogP contribution in [0.3, 0.4) is 0 Å². The van der Waals surface area contributed by atoms with Gasteiger partial charge in [-0.3, -0.25) is 0 Å². The van der Waals surface area contributed by atoms with Gasteiger partial charge in [0.2, 0.25) is 0 Å². The van der Waals surface area contributed by atoms with Crippen molar-refractivity contribution in [2.45, 2.75) is 38.2 Å². The molecule has 1 unspecified atom stereocenters. The van der Waals surface area contributed by atoms with Gasteiger partial charge in [-0.1, -0.05) is 24.6 Å². The Morgan fingerprint density at radius 1 is 1.50 bits per heavy atom. The number of ether oxygens (including phenoxy) is 1. The van der Waals surface area contributed by atoms with Crippen molar-refractivity contribution >= 4 is 11.6 Å². The Morgan fingerprint density at radius 3 is 2.75 bits per heavy atom. The Bertz CT molecular complexity index is 363. The highest BCUT2D eigenvalue weighted by Gasteiger charge is 2.20. The molecular formula is C13H18ClNO. The van der Waals surface area contributed by atoms with Crippen LogP contribution < -0.4 is 10.5 Å². The van der Waals surface area contributed by atoms with Gasteiger partial charge >= 0.3 is 0 Å². The molecule has 3 heteroatoms. The van der Waals surface area contributed by atoms with E-state index in [0.29, 0.717) is 23.6 Å². The highest BCUT2D eigenvalue weighted by Crippen LogP contribution is 2.32. The van der Waals surface area contributed by atoms with Gasteiger partial charge in [0.05, 0.1) is 11.1 Å². The minimum atomic E-state index is 0.343. The summed E-state index contributed by atoms with van der Waals surface area (Å²) in [5.41, 5.74) is 6.80. The van der Waals surface area contributed by atoms with Crippen LogP contribution in [0.4, 0.5) is 0 Å². The summed E-state index contributed by atoms with van der Waals surface area (Å²) in [6.45, 7) is 2.73. The number of halogens is 1. The van der Waals surface area contributed by atoms with E-state index in [1.807, 2.05) is 12.1 Å². The molecule has 2 rings (SSSR count). The molecule has 0 radical (unpaired) electrons. The molecule has 0 amide bonds. The minimum Gasteiger partial charge on any atom is -0.489 e. The van der Waals surface area contributed by atoms with E-state index in [9.17, 15) is 0 Å². The molecule has 1 aliphatic carbocycles. The minimum absolute atomic E-state index is 0.343. The Hall–Kier alpha value is -0.730. The molecule has 0 bridgehead atoms. The van der Waals surface area contributed by atoms with Gasteiger partial charge in [0, 0.05) is 0 Å². The van der Waals surface area contributed by atoms with Crippen LogP contribution >= 0.6 is 11.6 Å². The largest absolute Gasteiger partial charge is 0.489 e. The van der Waals surface area contributed by atoms with Gasteiger partial charge < -0.3 is 10.5 Å². The summed E-state index contributed by atoms with van der Waals surface area (Å²) in [6, 6.07) is 5.98. The smallest absolute Gasteiger partial charge is 0.138 e. The molecular weight excluding hydrogens is 222 g/mol. The molecule has 0 heterocycles. The first kappa shape index (κ1) is 11.7. The van der Waals surface area contributed by atoms with E-state index in [1.54, 1.807) is 0 Å². The van der Waals surface area contributed by atoms with Gasteiger partial charge in [-0.05, 0) is 49.4 Å². The molecule has 1 fully saturated rings. The lowest BCUT2D eigenvalue weighted by Crippen LogP contribution is -2.24. The lowest BCUT2D eigenvalue weighted by molar-refractivity contribution is 0.120. The maximum Gasteiger partial charge on any atom is 0.138 e. The average molecular weight is 240 g/mol. The van der Waals surface area contributed by atoms with E-state index < -0.39 is 0 Å². The molecule has 1 aromatic rings. The van der Waals surface area contributed by atoms with Crippen LogP contribution in [0.2, 0.25) is 5.02 Å². The third kappa shape index (κ3) is 2.50. The molecule has 1 aliphatic rings. The van der Waals surface area contributed by atoms with Gasteiger partial charge in [0.25, 0.3) is 0 Å². The molecule has 0 aliphatic heterocycles. The molecule has 1 saturated carbocycles. The van der Waals surface area contributed by atoms with Crippen LogP contribution in [-0.4, -0.2) is 12.6 Å². The van der Waals surface area contributed by atoms with Crippen LogP contribution in [0.5, 0.6) is 5.75 Å². The summed E-state index contributed by atoms with van der Waals surface area (Å²) < 4.78 is 5.79. The monoisotopic (exact) mass is 239 g/mol. The number of benzene rings is 1. The molecule has 0 saturated heterocycles. The third-order valence-electron chi connectivity index (χ3n) is 3.22. The molecule has 0 spiro atoms. The Morgan fingerprint density at radius 2 is 2.25 bits per heavy atom. The zero-order valence-corrected chi connectivity index (χ0v) is 10.3. The summed E-state index contributed by atoms with van der Waals surface area (Å²) >= 11 is 6.19. The number of hydrogen-bond acceptors (Lipinski definition) is 2. The zero-order chi connectivity index (χ0) is 11.5. The van der Waals surface area contributed by atoms with Crippen molar-refractivity contribution in [2.75, 3.05) is 6.54 Å². The van der Waals surface area contributed by atoms with Crippen LogP contribution in [0.1, 0.15) is 37.7 Å². The van der Waals surface area contributed by atoms with Crippen molar-refractivity contribution in [3.63, 3.8) is 0 Å². The van der Waals surface area contributed by atoms with Crippen molar-refractivity contribution in [1.29, 1.82) is 0 Å². The number of hydrogen-bond donors (Lipinski definition) is 1. The summed E-state index contributed by atoms with van der Waals surface area (Å²) in [5.74, 6) is 1.15. The fourth-order valence-corrected chi connectivity index (χ4v) is 1.96. The quantitative estimate of drug-likeness (QED) is 0.875. The average Bonchev–Trinajstić information content (AvgIpc) is 2.23. The predicted molar refractivity (Wildman–Crippen MR) is 67.2 cm³/mol. The van der Waals surface area contributed by atoms with Crippen molar-refractivity contribution < 1.29 is 4.74 Å². The van der Waals surface area contributed by atoms with Crippen LogP contribution in [0.25, 0.3) is 0 Å². The van der Waals surface area contributed by atoms with Gasteiger partial charge in [-0.2, -0.15) is 0 Å². The number of nitrogens with two attached hydrogens (primary N) is 1. The maximum absolute atomic E-state index is 6.19. The molecule has 16 heavy (non-hydrogen) atoms. The second kappa shape index (κ2) is 5.07. The van der Waals surface area contributed by atoms with Gasteiger partial charge in [-0.25, -0.2) is 0 Å².